The third-order valence-electron chi connectivity index (χ3n) is 6.45. The van der Waals surface area contributed by atoms with Gasteiger partial charge in [-0.05, 0) is 79.9 Å². The summed E-state index contributed by atoms with van der Waals surface area (Å²) < 4.78 is 46.2. The van der Waals surface area contributed by atoms with Gasteiger partial charge in [-0.15, -0.1) is 0 Å². The molecule has 0 radical (unpaired) electrons. The van der Waals surface area contributed by atoms with Gasteiger partial charge in [-0.1, -0.05) is 11.6 Å². The Morgan fingerprint density at radius 2 is 1.67 bits per heavy atom. The molecule has 2 saturated heterocycles. The number of carbonyl (C=O) groups is 1. The molecule has 1 aromatic rings. The highest BCUT2D eigenvalue weighted by atomic mass is 32.2. The second-order valence-corrected chi connectivity index (χ2v) is 13.0. The van der Waals surface area contributed by atoms with Gasteiger partial charge in [0.2, 0.25) is 10.0 Å². The molecule has 0 aliphatic carbocycles. The maximum atomic E-state index is 13.5. The van der Waals surface area contributed by atoms with Crippen molar-refractivity contribution in [3.8, 4) is 0 Å². The maximum Gasteiger partial charge on any atom is 0.494 e. The van der Waals surface area contributed by atoms with Gasteiger partial charge in [0.25, 0.3) is 0 Å². The van der Waals surface area contributed by atoms with Gasteiger partial charge in [-0.3, -0.25) is 0 Å². The van der Waals surface area contributed by atoms with Crippen LogP contribution in [0, 0.1) is 6.92 Å². The smallest absolute Gasteiger partial charge is 0.444 e. The topological polar surface area (TPSA) is 85.4 Å². The van der Waals surface area contributed by atoms with Crippen molar-refractivity contribution in [3.05, 3.63) is 23.8 Å². The van der Waals surface area contributed by atoms with Crippen LogP contribution in [0.25, 0.3) is 0 Å². The van der Waals surface area contributed by atoms with Crippen LogP contribution >= 0.6 is 0 Å². The van der Waals surface area contributed by atoms with E-state index in [-0.39, 0.29) is 30.6 Å². The van der Waals surface area contributed by atoms with E-state index in [1.54, 1.807) is 17.0 Å². The monoisotopic (exact) mass is 480 g/mol. The minimum atomic E-state index is -3.77. The minimum Gasteiger partial charge on any atom is -0.444 e. The molecule has 0 spiro atoms. The van der Waals surface area contributed by atoms with Crippen molar-refractivity contribution in [1.29, 1.82) is 0 Å². The normalized spacial score (nSPS) is 23.6. The zero-order valence-electron chi connectivity index (χ0n) is 21.3. The first-order valence-corrected chi connectivity index (χ1v) is 12.8. The van der Waals surface area contributed by atoms with Gasteiger partial charge in [0.1, 0.15) is 5.60 Å². The summed E-state index contributed by atoms with van der Waals surface area (Å²) in [7, 11) is -4.41. The van der Waals surface area contributed by atoms with Crippen LogP contribution in [-0.4, -0.2) is 73.3 Å². The highest BCUT2D eigenvalue weighted by Crippen LogP contribution is 2.36. The fourth-order valence-corrected chi connectivity index (χ4v) is 5.58. The SMILES string of the molecule is Cc1cc(B2OC(C)(C)C(C)(C)O2)cc(S(=O)(=O)N2CCN(C(=O)OC(C)(C)C)[C@@H](C)C2)c1. The minimum absolute atomic E-state index is 0.196. The zero-order valence-corrected chi connectivity index (χ0v) is 22.1. The molecule has 2 aliphatic rings. The van der Waals surface area contributed by atoms with Crippen molar-refractivity contribution in [2.75, 3.05) is 19.6 Å². The summed E-state index contributed by atoms with van der Waals surface area (Å²) in [5.41, 5.74) is -0.165. The molecule has 0 bridgehead atoms. The Labute approximate surface area is 198 Å². The summed E-state index contributed by atoms with van der Waals surface area (Å²) in [5.74, 6) is 0. The maximum absolute atomic E-state index is 13.5. The number of hydrogen-bond acceptors (Lipinski definition) is 6. The molecule has 184 valence electrons. The van der Waals surface area contributed by atoms with Crippen molar-refractivity contribution in [3.63, 3.8) is 0 Å². The standard InChI is InChI=1S/C23H37BN2O6S/c1-16-12-18(24-31-22(6,7)23(8,9)32-24)14-19(13-16)33(28,29)25-10-11-26(17(2)15-25)20(27)30-21(3,4)5/h12-14,17H,10-11,15H2,1-9H3/t17-/m0/s1. The highest BCUT2D eigenvalue weighted by molar-refractivity contribution is 7.89. The van der Waals surface area contributed by atoms with Crippen molar-refractivity contribution in [1.82, 2.24) is 9.21 Å². The first kappa shape index (κ1) is 26.0. The second kappa shape index (κ2) is 8.55. The van der Waals surface area contributed by atoms with Crippen LogP contribution in [0.2, 0.25) is 0 Å². The summed E-state index contributed by atoms with van der Waals surface area (Å²) in [6.07, 6.45) is -0.425. The summed E-state index contributed by atoms with van der Waals surface area (Å²) >= 11 is 0. The Bertz CT molecular complexity index is 1000. The number of piperazine rings is 1. The molecule has 0 N–H and O–H groups in total. The van der Waals surface area contributed by atoms with Gasteiger partial charge >= 0.3 is 13.2 Å². The number of benzene rings is 1. The summed E-state index contributed by atoms with van der Waals surface area (Å²) in [6.45, 7) is 17.6. The molecule has 33 heavy (non-hydrogen) atoms. The van der Waals surface area contributed by atoms with Crippen LogP contribution in [-0.2, 0) is 24.1 Å². The number of sulfonamides is 1. The number of rotatable bonds is 3. The molecule has 3 rings (SSSR count). The molecular formula is C23H37BN2O6S. The number of carbonyl (C=O) groups excluding carboxylic acids is 1. The number of aryl methyl sites for hydroxylation is 1. The van der Waals surface area contributed by atoms with E-state index < -0.39 is 40.0 Å². The van der Waals surface area contributed by atoms with Crippen LogP contribution < -0.4 is 5.46 Å². The zero-order chi connectivity index (χ0) is 25.0. The Morgan fingerprint density at radius 3 is 2.18 bits per heavy atom. The fraction of sp³-hybridized carbons (Fsp3) is 0.696. The van der Waals surface area contributed by atoms with Crippen LogP contribution in [0.15, 0.2) is 23.1 Å². The highest BCUT2D eigenvalue weighted by Gasteiger charge is 2.52. The predicted molar refractivity (Wildman–Crippen MR) is 128 cm³/mol. The van der Waals surface area contributed by atoms with Crippen LogP contribution in [0.4, 0.5) is 4.79 Å². The van der Waals surface area contributed by atoms with E-state index in [0.29, 0.717) is 5.46 Å². The Kier molecular flexibility index (Phi) is 6.74. The van der Waals surface area contributed by atoms with E-state index >= 15 is 0 Å². The average molecular weight is 480 g/mol. The van der Waals surface area contributed by atoms with E-state index in [1.165, 1.54) is 4.31 Å². The van der Waals surface area contributed by atoms with Crippen LogP contribution in [0.1, 0.15) is 61.0 Å². The van der Waals surface area contributed by atoms with Crippen molar-refractivity contribution >= 4 is 28.7 Å². The first-order valence-electron chi connectivity index (χ1n) is 11.4. The largest absolute Gasteiger partial charge is 0.494 e. The Balaban J connectivity index is 1.81. The van der Waals surface area contributed by atoms with Gasteiger partial charge in [-0.2, -0.15) is 4.31 Å². The molecular weight excluding hydrogens is 443 g/mol. The lowest BCUT2D eigenvalue weighted by molar-refractivity contribution is 0.00578. The third kappa shape index (κ3) is 5.39. The molecule has 8 nitrogen and oxygen atoms in total. The van der Waals surface area contributed by atoms with E-state index in [4.69, 9.17) is 14.0 Å². The lowest BCUT2D eigenvalue weighted by atomic mass is 9.78. The Hall–Kier alpha value is -1.62. The summed E-state index contributed by atoms with van der Waals surface area (Å²) in [5, 5.41) is 0. The first-order chi connectivity index (χ1) is 14.9. The number of amides is 1. The van der Waals surface area contributed by atoms with Crippen molar-refractivity contribution in [2.45, 2.75) is 90.1 Å². The fourth-order valence-electron chi connectivity index (χ4n) is 3.92. The molecule has 0 saturated carbocycles. The molecule has 10 heteroatoms. The summed E-state index contributed by atoms with van der Waals surface area (Å²) in [4.78, 5) is 14.3. The molecule has 2 fully saturated rings. The molecule has 1 atom stereocenters. The van der Waals surface area contributed by atoms with Gasteiger partial charge in [0.15, 0.2) is 0 Å². The average Bonchev–Trinajstić information content (AvgIpc) is 2.87. The number of nitrogens with zero attached hydrogens (tertiary/aromatic N) is 2. The lowest BCUT2D eigenvalue weighted by Crippen LogP contribution is -2.56. The van der Waals surface area contributed by atoms with Gasteiger partial charge in [0, 0.05) is 25.7 Å². The van der Waals surface area contributed by atoms with Gasteiger partial charge in [0.05, 0.1) is 16.1 Å². The van der Waals surface area contributed by atoms with E-state index in [2.05, 4.69) is 0 Å². The van der Waals surface area contributed by atoms with E-state index in [9.17, 15) is 13.2 Å². The third-order valence-corrected chi connectivity index (χ3v) is 8.30. The molecule has 0 unspecified atom stereocenters. The molecule has 2 heterocycles. The second-order valence-electron chi connectivity index (χ2n) is 11.1. The number of hydrogen-bond donors (Lipinski definition) is 0. The van der Waals surface area contributed by atoms with Gasteiger partial charge < -0.3 is 18.9 Å². The number of ether oxygens (including phenoxy) is 1. The molecule has 2 aliphatic heterocycles. The van der Waals surface area contributed by atoms with Crippen molar-refractivity contribution < 1.29 is 27.3 Å². The lowest BCUT2D eigenvalue weighted by Gasteiger charge is -2.39. The van der Waals surface area contributed by atoms with E-state index in [0.717, 1.165) is 5.56 Å². The summed E-state index contributed by atoms with van der Waals surface area (Å²) in [6, 6.07) is 4.88. The van der Waals surface area contributed by atoms with Crippen LogP contribution in [0.3, 0.4) is 0 Å². The quantitative estimate of drug-likeness (QED) is 0.619. The molecule has 1 amide bonds. The molecule has 0 aromatic heterocycles. The Morgan fingerprint density at radius 1 is 1.09 bits per heavy atom. The van der Waals surface area contributed by atoms with Crippen LogP contribution in [0.5, 0.6) is 0 Å². The predicted octanol–water partition coefficient (Wildman–Crippen LogP) is 2.92. The van der Waals surface area contributed by atoms with E-state index in [1.807, 2.05) is 68.4 Å². The van der Waals surface area contributed by atoms with Gasteiger partial charge in [-0.25, -0.2) is 13.2 Å². The van der Waals surface area contributed by atoms with Crippen molar-refractivity contribution in [2.24, 2.45) is 0 Å². The molecule has 1 aromatic carbocycles.